The Bertz CT molecular complexity index is 952. The molecular formula is C20H24N2O4S. The molecule has 0 unspecified atom stereocenters. The predicted octanol–water partition coefficient (Wildman–Crippen LogP) is 3.38. The summed E-state index contributed by atoms with van der Waals surface area (Å²) in [7, 11) is -0.351. The van der Waals surface area contributed by atoms with Gasteiger partial charge < -0.3 is 9.47 Å². The van der Waals surface area contributed by atoms with E-state index in [0.29, 0.717) is 23.6 Å². The van der Waals surface area contributed by atoms with Crippen LogP contribution < -0.4 is 9.47 Å². The van der Waals surface area contributed by atoms with Crippen molar-refractivity contribution in [3.8, 4) is 11.5 Å². The second-order valence-corrected chi connectivity index (χ2v) is 8.31. The minimum Gasteiger partial charge on any atom is -0.493 e. The van der Waals surface area contributed by atoms with Crippen LogP contribution in [-0.2, 0) is 16.4 Å². The SMILES string of the molecule is CCc1ccc([C@@H]2CC(c3ccc(OC)c(OC)c3)=NN2S(C)(=O)=O)cc1. The summed E-state index contributed by atoms with van der Waals surface area (Å²) in [5.74, 6) is 1.20. The fourth-order valence-corrected chi connectivity index (χ4v) is 4.11. The van der Waals surface area contributed by atoms with Crippen LogP contribution in [0.1, 0.15) is 36.1 Å². The summed E-state index contributed by atoms with van der Waals surface area (Å²) in [6.45, 7) is 2.09. The molecule has 0 aliphatic carbocycles. The number of nitrogens with zero attached hydrogens (tertiary/aromatic N) is 2. The highest BCUT2D eigenvalue weighted by Crippen LogP contribution is 2.36. The van der Waals surface area contributed by atoms with Gasteiger partial charge in [-0.05, 0) is 35.7 Å². The Morgan fingerprint density at radius 3 is 2.30 bits per heavy atom. The van der Waals surface area contributed by atoms with Crippen LogP contribution in [0, 0.1) is 0 Å². The van der Waals surface area contributed by atoms with Gasteiger partial charge in [-0.3, -0.25) is 0 Å². The van der Waals surface area contributed by atoms with Crippen LogP contribution in [0.2, 0.25) is 0 Å². The van der Waals surface area contributed by atoms with E-state index in [1.54, 1.807) is 20.3 Å². The van der Waals surface area contributed by atoms with Crippen LogP contribution in [0.4, 0.5) is 0 Å². The van der Waals surface area contributed by atoms with Gasteiger partial charge in [-0.25, -0.2) is 8.42 Å². The van der Waals surface area contributed by atoms with E-state index in [-0.39, 0.29) is 6.04 Å². The van der Waals surface area contributed by atoms with Crippen LogP contribution in [0.25, 0.3) is 0 Å². The van der Waals surface area contributed by atoms with Gasteiger partial charge in [0.15, 0.2) is 11.5 Å². The first-order valence-corrected chi connectivity index (χ1v) is 10.6. The molecule has 0 aromatic heterocycles. The van der Waals surface area contributed by atoms with Gasteiger partial charge in [0.25, 0.3) is 0 Å². The van der Waals surface area contributed by atoms with Gasteiger partial charge in [-0.1, -0.05) is 31.2 Å². The lowest BCUT2D eigenvalue weighted by Gasteiger charge is -2.21. The van der Waals surface area contributed by atoms with Gasteiger partial charge in [0.05, 0.1) is 32.2 Å². The maximum atomic E-state index is 12.3. The van der Waals surface area contributed by atoms with Crippen molar-refractivity contribution in [3.63, 3.8) is 0 Å². The third kappa shape index (κ3) is 3.93. The number of rotatable bonds is 6. The summed E-state index contributed by atoms with van der Waals surface area (Å²) >= 11 is 0. The van der Waals surface area contributed by atoms with Crippen molar-refractivity contribution in [3.05, 3.63) is 59.2 Å². The third-order valence-electron chi connectivity index (χ3n) is 4.70. The molecule has 2 aromatic rings. The molecule has 0 radical (unpaired) electrons. The number of ether oxygens (including phenoxy) is 2. The normalized spacial score (nSPS) is 17.0. The molecule has 0 saturated heterocycles. The minimum atomic E-state index is -3.50. The summed E-state index contributed by atoms with van der Waals surface area (Å²) < 4.78 is 36.5. The monoisotopic (exact) mass is 388 g/mol. The molecule has 0 amide bonds. The Hall–Kier alpha value is -2.54. The molecule has 0 N–H and O–H groups in total. The van der Waals surface area contributed by atoms with Gasteiger partial charge in [-0.15, -0.1) is 0 Å². The predicted molar refractivity (Wildman–Crippen MR) is 106 cm³/mol. The average molecular weight is 388 g/mol. The number of benzene rings is 2. The Morgan fingerprint density at radius 1 is 1.07 bits per heavy atom. The fourth-order valence-electron chi connectivity index (χ4n) is 3.21. The van der Waals surface area contributed by atoms with Crippen molar-refractivity contribution < 1.29 is 17.9 Å². The molecule has 3 rings (SSSR count). The maximum Gasteiger partial charge on any atom is 0.247 e. The highest BCUT2D eigenvalue weighted by molar-refractivity contribution is 7.88. The highest BCUT2D eigenvalue weighted by atomic mass is 32.2. The van der Waals surface area contributed by atoms with Crippen LogP contribution in [-0.4, -0.2) is 39.0 Å². The molecule has 0 fully saturated rings. The van der Waals surface area contributed by atoms with Crippen molar-refractivity contribution in [2.75, 3.05) is 20.5 Å². The van der Waals surface area contributed by atoms with E-state index in [9.17, 15) is 8.42 Å². The van der Waals surface area contributed by atoms with E-state index in [1.165, 1.54) is 16.2 Å². The van der Waals surface area contributed by atoms with Crippen LogP contribution in [0.3, 0.4) is 0 Å². The molecule has 1 aliphatic rings. The highest BCUT2D eigenvalue weighted by Gasteiger charge is 2.34. The number of hydrogen-bond donors (Lipinski definition) is 0. The smallest absolute Gasteiger partial charge is 0.247 e. The molecule has 0 saturated carbocycles. The first kappa shape index (κ1) is 19.2. The molecule has 27 heavy (non-hydrogen) atoms. The van der Waals surface area contributed by atoms with Gasteiger partial charge in [0.2, 0.25) is 10.0 Å². The van der Waals surface area contributed by atoms with Gasteiger partial charge in [0.1, 0.15) is 0 Å². The summed E-state index contributed by atoms with van der Waals surface area (Å²) in [6, 6.07) is 13.2. The molecule has 7 heteroatoms. The van der Waals surface area contributed by atoms with Crippen molar-refractivity contribution in [2.24, 2.45) is 5.10 Å². The maximum absolute atomic E-state index is 12.3. The van der Waals surface area contributed by atoms with Crippen LogP contribution >= 0.6 is 0 Å². The largest absolute Gasteiger partial charge is 0.493 e. The first-order valence-electron chi connectivity index (χ1n) is 8.75. The number of aryl methyl sites for hydroxylation is 1. The number of sulfonamides is 1. The fraction of sp³-hybridized carbons (Fsp3) is 0.350. The van der Waals surface area contributed by atoms with Crippen molar-refractivity contribution >= 4 is 15.7 Å². The summed E-state index contributed by atoms with van der Waals surface area (Å²) in [5, 5.41) is 4.43. The molecule has 1 aliphatic heterocycles. The third-order valence-corrected chi connectivity index (χ3v) is 5.72. The summed E-state index contributed by atoms with van der Waals surface area (Å²) in [6.07, 6.45) is 2.61. The molecule has 6 nitrogen and oxygen atoms in total. The Balaban J connectivity index is 1.98. The summed E-state index contributed by atoms with van der Waals surface area (Å²) in [4.78, 5) is 0. The molecule has 0 bridgehead atoms. The van der Waals surface area contributed by atoms with E-state index < -0.39 is 10.0 Å². The zero-order valence-electron chi connectivity index (χ0n) is 16.0. The topological polar surface area (TPSA) is 68.2 Å². The number of methoxy groups -OCH3 is 2. The van der Waals surface area contributed by atoms with Crippen LogP contribution in [0.15, 0.2) is 47.6 Å². The molecule has 0 spiro atoms. The van der Waals surface area contributed by atoms with E-state index in [0.717, 1.165) is 17.5 Å². The van der Waals surface area contributed by atoms with E-state index in [1.807, 2.05) is 36.4 Å². The summed E-state index contributed by atoms with van der Waals surface area (Å²) in [5.41, 5.74) is 3.65. The zero-order chi connectivity index (χ0) is 19.6. The first-order chi connectivity index (χ1) is 12.9. The van der Waals surface area contributed by atoms with Crippen molar-refractivity contribution in [1.82, 2.24) is 4.41 Å². The standard InChI is InChI=1S/C20H24N2O4S/c1-5-14-6-8-15(9-7-14)18-13-17(21-22(18)27(4,23)24)16-10-11-19(25-2)20(12-16)26-3/h6-12,18H,5,13H2,1-4H3/t18-/m0/s1. The quantitative estimate of drug-likeness (QED) is 0.761. The lowest BCUT2D eigenvalue weighted by atomic mass is 9.98. The van der Waals surface area contributed by atoms with Crippen molar-refractivity contribution in [1.29, 1.82) is 0 Å². The van der Waals surface area contributed by atoms with E-state index in [4.69, 9.17) is 9.47 Å². The molecule has 144 valence electrons. The van der Waals surface area contributed by atoms with Crippen LogP contribution in [0.5, 0.6) is 11.5 Å². The lowest BCUT2D eigenvalue weighted by Crippen LogP contribution is -2.25. The molecule has 2 aromatic carbocycles. The van der Waals surface area contributed by atoms with E-state index >= 15 is 0 Å². The Labute approximate surface area is 160 Å². The van der Waals surface area contributed by atoms with E-state index in [2.05, 4.69) is 12.0 Å². The van der Waals surface area contributed by atoms with Gasteiger partial charge in [0, 0.05) is 12.0 Å². The lowest BCUT2D eigenvalue weighted by molar-refractivity contribution is 0.355. The average Bonchev–Trinajstić information content (AvgIpc) is 3.13. The Kier molecular flexibility index (Phi) is 5.41. The Morgan fingerprint density at radius 2 is 1.74 bits per heavy atom. The second-order valence-electron chi connectivity index (χ2n) is 6.47. The molecule has 1 heterocycles. The molecular weight excluding hydrogens is 364 g/mol. The zero-order valence-corrected chi connectivity index (χ0v) is 16.8. The van der Waals surface area contributed by atoms with Gasteiger partial charge in [-0.2, -0.15) is 9.52 Å². The van der Waals surface area contributed by atoms with Crippen molar-refractivity contribution in [2.45, 2.75) is 25.8 Å². The van der Waals surface area contributed by atoms with Gasteiger partial charge >= 0.3 is 0 Å². The number of hydrazone groups is 1. The molecule has 1 atom stereocenters. The number of hydrogen-bond acceptors (Lipinski definition) is 5. The minimum absolute atomic E-state index is 0.353. The second kappa shape index (κ2) is 7.60.